The van der Waals surface area contributed by atoms with Crippen molar-refractivity contribution in [3.05, 3.63) is 29.8 Å². The molecule has 0 unspecified atom stereocenters. The van der Waals surface area contributed by atoms with Crippen LogP contribution in [0, 0.1) is 0 Å². The van der Waals surface area contributed by atoms with Crippen molar-refractivity contribution in [3.63, 3.8) is 0 Å². The van der Waals surface area contributed by atoms with Crippen LogP contribution < -0.4 is 10.6 Å². The largest absolute Gasteiger partial charge is 0.492 e. The Balaban J connectivity index is 2.58. The van der Waals surface area contributed by atoms with Gasteiger partial charge in [0.15, 0.2) is 0 Å². The monoisotopic (exact) mass is 198 g/mol. The number of rotatable bonds is 4. The summed E-state index contributed by atoms with van der Waals surface area (Å²) in [6.45, 7) is 0.520. The van der Waals surface area contributed by atoms with Crippen LogP contribution in [0.25, 0.3) is 0 Å². The third kappa shape index (κ3) is 3.34. The number of hydrazone groups is 1. The minimum Gasteiger partial charge on any atom is -0.492 e. The molecule has 13 heavy (non-hydrogen) atoms. The molecule has 0 saturated heterocycles. The molecule has 0 bridgehead atoms. The highest BCUT2D eigenvalue weighted by molar-refractivity contribution is 6.18. The van der Waals surface area contributed by atoms with Crippen molar-refractivity contribution in [3.8, 4) is 5.75 Å². The van der Waals surface area contributed by atoms with E-state index in [1.165, 1.54) is 0 Å². The van der Waals surface area contributed by atoms with Crippen molar-refractivity contribution in [2.45, 2.75) is 0 Å². The number of halogens is 1. The number of nitrogens with two attached hydrogens (primary N) is 1. The number of hydrogen-bond acceptors (Lipinski definition) is 3. The first-order chi connectivity index (χ1) is 6.36. The van der Waals surface area contributed by atoms with Gasteiger partial charge in [0.2, 0.25) is 0 Å². The van der Waals surface area contributed by atoms with Gasteiger partial charge in [0.05, 0.1) is 12.1 Å². The van der Waals surface area contributed by atoms with Crippen LogP contribution in [0.1, 0.15) is 5.56 Å². The lowest BCUT2D eigenvalue weighted by molar-refractivity contribution is 0.343. The van der Waals surface area contributed by atoms with E-state index in [-0.39, 0.29) is 0 Å². The molecule has 1 aromatic rings. The van der Waals surface area contributed by atoms with E-state index in [1.54, 1.807) is 6.21 Å². The Morgan fingerprint density at radius 3 is 2.62 bits per heavy atom. The van der Waals surface area contributed by atoms with Crippen molar-refractivity contribution in [2.75, 3.05) is 12.5 Å². The molecule has 0 aromatic heterocycles. The summed E-state index contributed by atoms with van der Waals surface area (Å²) < 4.78 is 5.28. The molecular weight excluding hydrogens is 188 g/mol. The molecule has 0 heterocycles. The van der Waals surface area contributed by atoms with Gasteiger partial charge in [-0.2, -0.15) is 5.10 Å². The lowest BCUT2D eigenvalue weighted by Crippen LogP contribution is -1.97. The van der Waals surface area contributed by atoms with Gasteiger partial charge in [0.1, 0.15) is 12.4 Å². The maximum Gasteiger partial charge on any atom is 0.119 e. The van der Waals surface area contributed by atoms with Gasteiger partial charge >= 0.3 is 0 Å². The van der Waals surface area contributed by atoms with E-state index in [9.17, 15) is 0 Å². The van der Waals surface area contributed by atoms with Crippen molar-refractivity contribution in [1.29, 1.82) is 0 Å². The second kappa shape index (κ2) is 5.43. The standard InChI is InChI=1S/C9H11ClN2O/c10-5-6-13-9-3-1-8(2-4-9)7-12-11/h1-4,7H,5-6,11H2. The first kappa shape index (κ1) is 9.86. The molecule has 0 atom stereocenters. The highest BCUT2D eigenvalue weighted by Gasteiger charge is 1.92. The van der Waals surface area contributed by atoms with E-state index in [0.29, 0.717) is 12.5 Å². The molecule has 0 aliphatic rings. The highest BCUT2D eigenvalue weighted by Crippen LogP contribution is 2.10. The Kier molecular flexibility index (Phi) is 4.12. The van der Waals surface area contributed by atoms with E-state index >= 15 is 0 Å². The summed E-state index contributed by atoms with van der Waals surface area (Å²) in [5.74, 6) is 6.29. The predicted octanol–water partition coefficient (Wildman–Crippen LogP) is 1.60. The zero-order valence-corrected chi connectivity index (χ0v) is 7.87. The summed E-state index contributed by atoms with van der Waals surface area (Å²) in [5, 5.41) is 3.41. The van der Waals surface area contributed by atoms with E-state index < -0.39 is 0 Å². The molecule has 0 spiro atoms. The smallest absolute Gasteiger partial charge is 0.119 e. The normalized spacial score (nSPS) is 10.5. The summed E-state index contributed by atoms with van der Waals surface area (Å²) in [4.78, 5) is 0. The highest BCUT2D eigenvalue weighted by atomic mass is 35.5. The summed E-state index contributed by atoms with van der Waals surface area (Å²) in [7, 11) is 0. The van der Waals surface area contributed by atoms with Crippen LogP contribution in [0.5, 0.6) is 5.75 Å². The van der Waals surface area contributed by atoms with E-state index in [1.807, 2.05) is 24.3 Å². The van der Waals surface area contributed by atoms with Crippen LogP contribution >= 0.6 is 11.6 Å². The lowest BCUT2D eigenvalue weighted by Gasteiger charge is -2.02. The third-order valence-electron chi connectivity index (χ3n) is 1.45. The van der Waals surface area contributed by atoms with Crippen molar-refractivity contribution < 1.29 is 4.74 Å². The Bertz CT molecular complexity index is 271. The zero-order chi connectivity index (χ0) is 9.52. The Hall–Kier alpha value is -1.22. The Morgan fingerprint density at radius 1 is 1.38 bits per heavy atom. The van der Waals surface area contributed by atoms with Crippen molar-refractivity contribution in [1.82, 2.24) is 0 Å². The van der Waals surface area contributed by atoms with Crippen LogP contribution in [0.15, 0.2) is 29.4 Å². The van der Waals surface area contributed by atoms with Crippen LogP contribution in [-0.4, -0.2) is 18.7 Å². The first-order valence-electron chi connectivity index (χ1n) is 3.89. The molecule has 1 aromatic carbocycles. The number of hydrogen-bond donors (Lipinski definition) is 1. The van der Waals surface area contributed by atoms with Gasteiger partial charge in [-0.05, 0) is 29.8 Å². The van der Waals surface area contributed by atoms with Gasteiger partial charge in [-0.25, -0.2) is 0 Å². The van der Waals surface area contributed by atoms with Gasteiger partial charge in [0.25, 0.3) is 0 Å². The molecular formula is C9H11ClN2O. The first-order valence-corrected chi connectivity index (χ1v) is 4.42. The lowest BCUT2D eigenvalue weighted by atomic mass is 10.2. The molecule has 4 heteroatoms. The van der Waals surface area contributed by atoms with Gasteiger partial charge in [-0.15, -0.1) is 11.6 Å². The summed E-state index contributed by atoms with van der Waals surface area (Å²) in [6, 6.07) is 7.45. The molecule has 2 N–H and O–H groups in total. The Morgan fingerprint density at radius 2 is 2.08 bits per heavy atom. The van der Waals surface area contributed by atoms with E-state index in [0.717, 1.165) is 11.3 Å². The van der Waals surface area contributed by atoms with Crippen LogP contribution in [-0.2, 0) is 0 Å². The van der Waals surface area contributed by atoms with Crippen LogP contribution in [0.3, 0.4) is 0 Å². The SMILES string of the molecule is NN=Cc1ccc(OCCCl)cc1. The van der Waals surface area contributed by atoms with Gasteiger partial charge in [-0.3, -0.25) is 0 Å². The average molecular weight is 199 g/mol. The van der Waals surface area contributed by atoms with Gasteiger partial charge in [0, 0.05) is 0 Å². The Labute approximate surface area is 82.1 Å². The zero-order valence-electron chi connectivity index (χ0n) is 7.11. The van der Waals surface area contributed by atoms with E-state index in [4.69, 9.17) is 22.2 Å². The molecule has 70 valence electrons. The maximum atomic E-state index is 5.47. The number of ether oxygens (including phenoxy) is 1. The molecule has 0 aliphatic carbocycles. The quantitative estimate of drug-likeness (QED) is 0.346. The molecule has 0 saturated carbocycles. The molecule has 1 rings (SSSR count). The maximum absolute atomic E-state index is 5.47. The number of nitrogens with zero attached hydrogens (tertiary/aromatic N) is 1. The number of benzene rings is 1. The second-order valence-corrected chi connectivity index (χ2v) is 2.76. The summed E-state index contributed by atoms with van der Waals surface area (Å²) in [5.41, 5.74) is 0.945. The fourth-order valence-corrected chi connectivity index (χ4v) is 0.970. The number of alkyl halides is 1. The molecule has 0 amide bonds. The summed E-state index contributed by atoms with van der Waals surface area (Å²) in [6.07, 6.45) is 1.57. The van der Waals surface area contributed by atoms with Gasteiger partial charge in [-0.1, -0.05) is 0 Å². The summed E-state index contributed by atoms with van der Waals surface area (Å²) >= 11 is 5.47. The van der Waals surface area contributed by atoms with Crippen molar-refractivity contribution in [2.24, 2.45) is 10.9 Å². The minimum absolute atomic E-state index is 0.492. The van der Waals surface area contributed by atoms with Crippen molar-refractivity contribution >= 4 is 17.8 Å². The average Bonchev–Trinajstić information content (AvgIpc) is 2.17. The molecule has 0 aliphatic heterocycles. The fraction of sp³-hybridized carbons (Fsp3) is 0.222. The second-order valence-electron chi connectivity index (χ2n) is 2.38. The van der Waals surface area contributed by atoms with Crippen LogP contribution in [0.2, 0.25) is 0 Å². The molecule has 0 fully saturated rings. The third-order valence-corrected chi connectivity index (χ3v) is 1.60. The topological polar surface area (TPSA) is 47.6 Å². The predicted molar refractivity (Wildman–Crippen MR) is 54.4 cm³/mol. The minimum atomic E-state index is 0.492. The fourth-order valence-electron chi connectivity index (χ4n) is 0.893. The van der Waals surface area contributed by atoms with Gasteiger partial charge < -0.3 is 10.6 Å². The molecule has 0 radical (unpaired) electrons. The molecule has 3 nitrogen and oxygen atoms in total. The van der Waals surface area contributed by atoms with E-state index in [2.05, 4.69) is 5.10 Å². The van der Waals surface area contributed by atoms with Crippen LogP contribution in [0.4, 0.5) is 0 Å².